The largest absolute Gasteiger partial charge is 0.852 e. The standard InChI is InChI=1S/C7H12N2O/c1-7-8(2)3-4-9(7)5-6-10/h3-4H,5-6H2,1-2H3. The molecule has 0 atom stereocenters. The molecule has 56 valence electrons. The molecule has 0 bridgehead atoms. The summed E-state index contributed by atoms with van der Waals surface area (Å²) in [5.74, 6) is 1.12. The number of hydrogen-bond donors (Lipinski definition) is 0. The Morgan fingerprint density at radius 3 is 2.80 bits per heavy atom. The minimum absolute atomic E-state index is 0.0461. The molecule has 0 aliphatic rings. The lowest BCUT2D eigenvalue weighted by Crippen LogP contribution is -2.30. The average Bonchev–Trinajstić information content (AvgIpc) is 2.20. The van der Waals surface area contributed by atoms with E-state index in [1.807, 2.05) is 35.5 Å². The quantitative estimate of drug-likeness (QED) is 0.484. The zero-order valence-electron chi connectivity index (χ0n) is 6.37. The molecule has 0 saturated heterocycles. The van der Waals surface area contributed by atoms with E-state index >= 15 is 0 Å². The Balaban J connectivity index is 2.83. The fraction of sp³-hybridized carbons (Fsp3) is 0.571. The van der Waals surface area contributed by atoms with Gasteiger partial charge in [-0.25, -0.2) is 9.13 Å². The van der Waals surface area contributed by atoms with Crippen molar-refractivity contribution in [3.05, 3.63) is 18.2 Å². The van der Waals surface area contributed by atoms with E-state index in [1.165, 1.54) is 0 Å². The molecule has 3 nitrogen and oxygen atoms in total. The molecule has 0 amide bonds. The van der Waals surface area contributed by atoms with E-state index in [9.17, 15) is 5.11 Å². The highest BCUT2D eigenvalue weighted by Crippen LogP contribution is 1.89. The van der Waals surface area contributed by atoms with Crippen LogP contribution in [0.4, 0.5) is 0 Å². The van der Waals surface area contributed by atoms with Crippen LogP contribution in [-0.4, -0.2) is 11.2 Å². The molecule has 0 unspecified atom stereocenters. The highest BCUT2D eigenvalue weighted by Gasteiger charge is 2.04. The van der Waals surface area contributed by atoms with Crippen LogP contribution in [0.2, 0.25) is 0 Å². The first kappa shape index (κ1) is 7.28. The summed E-state index contributed by atoms with van der Waals surface area (Å²) in [6, 6.07) is 0. The number of aryl methyl sites for hydroxylation is 1. The third-order valence-corrected chi connectivity index (χ3v) is 1.73. The summed E-state index contributed by atoms with van der Waals surface area (Å²) in [7, 11) is 1.97. The van der Waals surface area contributed by atoms with Crippen molar-refractivity contribution >= 4 is 0 Å². The van der Waals surface area contributed by atoms with Gasteiger partial charge in [0, 0.05) is 6.92 Å². The van der Waals surface area contributed by atoms with Crippen molar-refractivity contribution in [2.45, 2.75) is 13.5 Å². The highest BCUT2D eigenvalue weighted by atomic mass is 16.3. The van der Waals surface area contributed by atoms with E-state index in [-0.39, 0.29) is 6.61 Å². The zero-order valence-corrected chi connectivity index (χ0v) is 6.37. The Kier molecular flexibility index (Phi) is 2.06. The lowest BCUT2D eigenvalue weighted by molar-refractivity contribution is -0.677. The van der Waals surface area contributed by atoms with Crippen molar-refractivity contribution in [3.63, 3.8) is 0 Å². The fourth-order valence-electron chi connectivity index (χ4n) is 0.934. The summed E-state index contributed by atoms with van der Waals surface area (Å²) in [4.78, 5) is 0. The van der Waals surface area contributed by atoms with E-state index in [4.69, 9.17) is 0 Å². The van der Waals surface area contributed by atoms with Crippen LogP contribution < -0.4 is 9.67 Å². The van der Waals surface area contributed by atoms with E-state index in [2.05, 4.69) is 0 Å². The van der Waals surface area contributed by atoms with Gasteiger partial charge in [0.1, 0.15) is 12.4 Å². The van der Waals surface area contributed by atoms with Gasteiger partial charge < -0.3 is 5.11 Å². The highest BCUT2D eigenvalue weighted by molar-refractivity contribution is 4.78. The molecule has 1 heterocycles. The number of aromatic nitrogens is 2. The van der Waals surface area contributed by atoms with Crippen molar-refractivity contribution in [1.82, 2.24) is 4.57 Å². The second kappa shape index (κ2) is 2.84. The van der Waals surface area contributed by atoms with Gasteiger partial charge in [-0.1, -0.05) is 0 Å². The van der Waals surface area contributed by atoms with Crippen molar-refractivity contribution in [3.8, 4) is 0 Å². The van der Waals surface area contributed by atoms with Crippen LogP contribution in [0, 0.1) is 6.92 Å². The molecule has 0 fully saturated rings. The third kappa shape index (κ3) is 1.19. The average molecular weight is 140 g/mol. The van der Waals surface area contributed by atoms with Crippen molar-refractivity contribution < 1.29 is 9.67 Å². The van der Waals surface area contributed by atoms with Gasteiger partial charge in [0.25, 0.3) is 5.82 Å². The number of rotatable bonds is 2. The van der Waals surface area contributed by atoms with Crippen LogP contribution in [-0.2, 0) is 13.6 Å². The van der Waals surface area contributed by atoms with Crippen LogP contribution in [0.25, 0.3) is 0 Å². The van der Waals surface area contributed by atoms with Gasteiger partial charge in [0.15, 0.2) is 0 Å². The summed E-state index contributed by atoms with van der Waals surface area (Å²) < 4.78 is 3.95. The Hall–Kier alpha value is -0.830. The summed E-state index contributed by atoms with van der Waals surface area (Å²) in [6.45, 7) is 2.53. The minimum atomic E-state index is -0.0461. The van der Waals surface area contributed by atoms with Crippen molar-refractivity contribution in [2.24, 2.45) is 7.05 Å². The molecule has 10 heavy (non-hydrogen) atoms. The van der Waals surface area contributed by atoms with Gasteiger partial charge in [0.05, 0.1) is 13.6 Å². The van der Waals surface area contributed by atoms with Crippen molar-refractivity contribution in [2.75, 3.05) is 6.61 Å². The van der Waals surface area contributed by atoms with E-state index < -0.39 is 0 Å². The number of hydrogen-bond acceptors (Lipinski definition) is 1. The maximum atomic E-state index is 10.2. The normalized spacial score (nSPS) is 10.3. The van der Waals surface area contributed by atoms with Gasteiger partial charge in [-0.15, -0.1) is 6.61 Å². The second-order valence-electron chi connectivity index (χ2n) is 2.35. The first-order chi connectivity index (χ1) is 4.75. The van der Waals surface area contributed by atoms with Crippen LogP contribution in [0.3, 0.4) is 0 Å². The third-order valence-electron chi connectivity index (χ3n) is 1.73. The van der Waals surface area contributed by atoms with Gasteiger partial charge in [-0.3, -0.25) is 0 Å². The molecule has 0 aromatic carbocycles. The Labute approximate surface area is 60.5 Å². The number of nitrogens with zero attached hydrogens (tertiary/aromatic N) is 2. The maximum Gasteiger partial charge on any atom is 0.252 e. The predicted molar refractivity (Wildman–Crippen MR) is 35.2 cm³/mol. The lowest BCUT2D eigenvalue weighted by atomic mass is 10.6. The topological polar surface area (TPSA) is 31.9 Å². The summed E-state index contributed by atoms with van der Waals surface area (Å²) >= 11 is 0. The fourth-order valence-corrected chi connectivity index (χ4v) is 0.934. The first-order valence-electron chi connectivity index (χ1n) is 3.35. The van der Waals surface area contributed by atoms with E-state index in [0.29, 0.717) is 6.54 Å². The smallest absolute Gasteiger partial charge is 0.252 e. The van der Waals surface area contributed by atoms with Crippen LogP contribution >= 0.6 is 0 Å². The second-order valence-corrected chi connectivity index (χ2v) is 2.35. The minimum Gasteiger partial charge on any atom is -0.852 e. The molecule has 0 N–H and O–H groups in total. The van der Waals surface area contributed by atoms with Crippen LogP contribution in [0.1, 0.15) is 5.82 Å². The Morgan fingerprint density at radius 1 is 1.70 bits per heavy atom. The molecule has 0 spiro atoms. The van der Waals surface area contributed by atoms with E-state index in [0.717, 1.165) is 5.82 Å². The molecule has 0 saturated carbocycles. The van der Waals surface area contributed by atoms with Crippen LogP contribution in [0.5, 0.6) is 0 Å². The predicted octanol–water partition coefficient (Wildman–Crippen LogP) is -1.02. The molecule has 1 aromatic heterocycles. The van der Waals surface area contributed by atoms with Crippen molar-refractivity contribution in [1.29, 1.82) is 0 Å². The number of imidazole rings is 1. The maximum absolute atomic E-state index is 10.2. The zero-order chi connectivity index (χ0) is 7.56. The molecule has 0 aliphatic carbocycles. The van der Waals surface area contributed by atoms with Gasteiger partial charge in [-0.05, 0) is 0 Å². The summed E-state index contributed by atoms with van der Waals surface area (Å²) in [6.07, 6.45) is 3.87. The van der Waals surface area contributed by atoms with Gasteiger partial charge in [-0.2, -0.15) is 0 Å². The molecule has 0 radical (unpaired) electrons. The first-order valence-corrected chi connectivity index (χ1v) is 3.35. The van der Waals surface area contributed by atoms with Crippen LogP contribution in [0.15, 0.2) is 12.4 Å². The molecule has 0 aliphatic heterocycles. The molecular formula is C7H12N2O. The molecular weight excluding hydrogens is 128 g/mol. The van der Waals surface area contributed by atoms with Gasteiger partial charge in [0.2, 0.25) is 0 Å². The Morgan fingerprint density at radius 2 is 2.40 bits per heavy atom. The lowest BCUT2D eigenvalue weighted by Gasteiger charge is -2.00. The van der Waals surface area contributed by atoms with E-state index in [1.54, 1.807) is 0 Å². The Bertz CT molecular complexity index is 217. The monoisotopic (exact) mass is 140 g/mol. The summed E-state index contributed by atoms with van der Waals surface area (Å²) in [5.41, 5.74) is 0. The molecule has 3 heteroatoms. The SMILES string of the molecule is Cc1n(CC[O-])cc[n+]1C. The molecule has 1 aromatic rings. The summed E-state index contributed by atoms with van der Waals surface area (Å²) in [5, 5.41) is 10.2. The van der Waals surface area contributed by atoms with Gasteiger partial charge >= 0.3 is 0 Å². The molecule has 1 rings (SSSR count).